The third-order valence-electron chi connectivity index (χ3n) is 2.74. The van der Waals surface area contributed by atoms with Crippen LogP contribution in [0.1, 0.15) is 22.3 Å². The highest BCUT2D eigenvalue weighted by molar-refractivity contribution is 5.40. The number of nitriles is 2. The van der Waals surface area contributed by atoms with Crippen LogP contribution < -0.4 is 0 Å². The molecule has 94 valence electrons. The molecule has 2 nitrogen and oxygen atoms in total. The van der Waals surface area contributed by atoms with Crippen LogP contribution in [-0.4, -0.2) is 0 Å². The van der Waals surface area contributed by atoms with E-state index in [1.165, 1.54) is 0 Å². The van der Waals surface area contributed by atoms with Crippen LogP contribution in [0.25, 0.3) is 0 Å². The van der Waals surface area contributed by atoms with Crippen molar-refractivity contribution in [2.24, 2.45) is 5.92 Å². The maximum Gasteiger partial charge on any atom is 0.416 e. The predicted molar refractivity (Wildman–Crippen MR) is 59.3 cm³/mol. The standard InChI is InChI=1S/C13H11F3N2/c1-8-3-11(13(14,15)16)4-9(2)12(8)5-10(6-17)7-18/h3-4,10H,5H2,1-2H3. The topological polar surface area (TPSA) is 47.6 Å². The lowest BCUT2D eigenvalue weighted by atomic mass is 9.92. The largest absolute Gasteiger partial charge is 0.416 e. The summed E-state index contributed by atoms with van der Waals surface area (Å²) in [6.45, 7) is 3.12. The van der Waals surface area contributed by atoms with Gasteiger partial charge in [0.2, 0.25) is 0 Å². The van der Waals surface area contributed by atoms with Crippen molar-refractivity contribution in [3.05, 3.63) is 34.4 Å². The van der Waals surface area contributed by atoms with Gasteiger partial charge in [-0.2, -0.15) is 23.7 Å². The Morgan fingerprint density at radius 3 is 1.89 bits per heavy atom. The first-order chi connectivity index (χ1) is 8.29. The maximum atomic E-state index is 12.6. The molecule has 0 N–H and O–H groups in total. The fourth-order valence-corrected chi connectivity index (χ4v) is 1.80. The summed E-state index contributed by atoms with van der Waals surface area (Å²) in [6, 6.07) is 5.73. The third-order valence-corrected chi connectivity index (χ3v) is 2.74. The molecule has 0 saturated heterocycles. The molecule has 0 saturated carbocycles. The number of rotatable bonds is 2. The summed E-state index contributed by atoms with van der Waals surface area (Å²) in [7, 11) is 0. The van der Waals surface area contributed by atoms with Crippen LogP contribution >= 0.6 is 0 Å². The van der Waals surface area contributed by atoms with Crippen molar-refractivity contribution in [3.8, 4) is 12.1 Å². The first-order valence-electron chi connectivity index (χ1n) is 5.26. The quantitative estimate of drug-likeness (QED) is 0.808. The van der Waals surface area contributed by atoms with Gasteiger partial charge in [-0.3, -0.25) is 0 Å². The van der Waals surface area contributed by atoms with Crippen molar-refractivity contribution < 1.29 is 13.2 Å². The molecule has 0 aliphatic carbocycles. The molecule has 0 amide bonds. The van der Waals surface area contributed by atoms with Crippen molar-refractivity contribution in [2.75, 3.05) is 0 Å². The Kier molecular flexibility index (Phi) is 3.98. The summed E-state index contributed by atoms with van der Waals surface area (Å²) in [4.78, 5) is 0. The average molecular weight is 252 g/mol. The molecular weight excluding hydrogens is 241 g/mol. The Balaban J connectivity index is 3.19. The summed E-state index contributed by atoms with van der Waals surface area (Å²) in [5, 5.41) is 17.4. The molecule has 0 radical (unpaired) electrons. The Hall–Kier alpha value is -2.01. The molecule has 1 aromatic rings. The first kappa shape index (κ1) is 14.1. The summed E-state index contributed by atoms with van der Waals surface area (Å²) in [5.41, 5.74) is 0.846. The Morgan fingerprint density at radius 1 is 1.11 bits per heavy atom. The Bertz CT molecular complexity index is 496. The zero-order valence-corrected chi connectivity index (χ0v) is 9.97. The second-order valence-corrected chi connectivity index (χ2v) is 4.10. The number of hydrogen-bond acceptors (Lipinski definition) is 2. The molecule has 0 unspecified atom stereocenters. The number of alkyl halides is 3. The van der Waals surface area contributed by atoms with E-state index in [4.69, 9.17) is 10.5 Å². The van der Waals surface area contributed by atoms with Crippen molar-refractivity contribution in [1.29, 1.82) is 10.5 Å². The van der Waals surface area contributed by atoms with Crippen LogP contribution in [-0.2, 0) is 12.6 Å². The van der Waals surface area contributed by atoms with Gasteiger partial charge >= 0.3 is 6.18 Å². The minimum absolute atomic E-state index is 0.156. The first-order valence-corrected chi connectivity index (χ1v) is 5.26. The fraction of sp³-hybridized carbons (Fsp3) is 0.385. The van der Waals surface area contributed by atoms with Crippen molar-refractivity contribution in [1.82, 2.24) is 0 Å². The Labute approximate surface area is 103 Å². The highest BCUT2D eigenvalue weighted by atomic mass is 19.4. The van der Waals surface area contributed by atoms with Crippen LogP contribution in [0, 0.1) is 42.4 Å². The fourth-order valence-electron chi connectivity index (χ4n) is 1.80. The molecule has 1 rings (SSSR count). The van der Waals surface area contributed by atoms with Gasteiger partial charge in [-0.05, 0) is 42.7 Å². The van der Waals surface area contributed by atoms with E-state index >= 15 is 0 Å². The molecule has 0 atom stereocenters. The van der Waals surface area contributed by atoms with Gasteiger partial charge in [-0.25, -0.2) is 0 Å². The molecule has 0 aliphatic rings. The smallest absolute Gasteiger partial charge is 0.197 e. The van der Waals surface area contributed by atoms with Gasteiger partial charge in [0.1, 0.15) is 5.92 Å². The van der Waals surface area contributed by atoms with E-state index in [1.807, 2.05) is 12.1 Å². The molecule has 0 aliphatic heterocycles. The van der Waals surface area contributed by atoms with E-state index in [1.54, 1.807) is 13.8 Å². The van der Waals surface area contributed by atoms with Crippen LogP contribution in [0.3, 0.4) is 0 Å². The minimum Gasteiger partial charge on any atom is -0.197 e. The van der Waals surface area contributed by atoms with Crippen molar-refractivity contribution in [2.45, 2.75) is 26.4 Å². The monoisotopic (exact) mass is 252 g/mol. The van der Waals surface area contributed by atoms with Gasteiger partial charge < -0.3 is 0 Å². The zero-order chi connectivity index (χ0) is 13.9. The lowest BCUT2D eigenvalue weighted by Gasteiger charge is -2.14. The number of benzene rings is 1. The van der Waals surface area contributed by atoms with Gasteiger partial charge in [0.05, 0.1) is 17.7 Å². The van der Waals surface area contributed by atoms with E-state index in [9.17, 15) is 13.2 Å². The minimum atomic E-state index is -4.38. The van der Waals surface area contributed by atoms with Gasteiger partial charge in [-0.1, -0.05) is 0 Å². The van der Waals surface area contributed by atoms with Gasteiger partial charge in [0.15, 0.2) is 0 Å². The molecule has 0 heterocycles. The van der Waals surface area contributed by atoms with E-state index in [-0.39, 0.29) is 6.42 Å². The van der Waals surface area contributed by atoms with E-state index < -0.39 is 17.7 Å². The number of halogens is 3. The van der Waals surface area contributed by atoms with Gasteiger partial charge in [0, 0.05) is 6.42 Å². The van der Waals surface area contributed by atoms with E-state index in [0.29, 0.717) is 16.7 Å². The lowest BCUT2D eigenvalue weighted by molar-refractivity contribution is -0.137. The third kappa shape index (κ3) is 3.01. The number of hydrogen-bond donors (Lipinski definition) is 0. The second-order valence-electron chi connectivity index (χ2n) is 4.10. The molecular formula is C13H11F3N2. The summed E-state index contributed by atoms with van der Waals surface area (Å²) < 4.78 is 37.7. The van der Waals surface area contributed by atoms with E-state index in [0.717, 1.165) is 12.1 Å². The van der Waals surface area contributed by atoms with Crippen molar-refractivity contribution in [3.63, 3.8) is 0 Å². The molecule has 0 bridgehead atoms. The van der Waals surface area contributed by atoms with Crippen LogP contribution in [0.15, 0.2) is 12.1 Å². The highest BCUT2D eigenvalue weighted by Gasteiger charge is 2.31. The predicted octanol–water partition coefficient (Wildman–Crippen LogP) is 3.53. The summed E-state index contributed by atoms with van der Waals surface area (Å²) in [6.07, 6.45) is -4.22. The molecule has 1 aromatic carbocycles. The Morgan fingerprint density at radius 2 is 1.56 bits per heavy atom. The van der Waals surface area contributed by atoms with Crippen LogP contribution in [0.4, 0.5) is 13.2 Å². The normalized spacial score (nSPS) is 11.1. The molecule has 0 fully saturated rings. The van der Waals surface area contributed by atoms with Crippen LogP contribution in [0.2, 0.25) is 0 Å². The number of nitrogens with zero attached hydrogens (tertiary/aromatic N) is 2. The maximum absolute atomic E-state index is 12.6. The molecule has 0 spiro atoms. The lowest BCUT2D eigenvalue weighted by Crippen LogP contribution is -2.09. The summed E-state index contributed by atoms with van der Waals surface area (Å²) >= 11 is 0. The summed E-state index contributed by atoms with van der Waals surface area (Å²) in [5.74, 6) is -0.834. The number of aryl methyl sites for hydroxylation is 2. The second kappa shape index (κ2) is 5.10. The molecule has 5 heteroatoms. The molecule has 18 heavy (non-hydrogen) atoms. The average Bonchev–Trinajstić information content (AvgIpc) is 2.27. The van der Waals surface area contributed by atoms with Crippen molar-refractivity contribution >= 4 is 0 Å². The van der Waals surface area contributed by atoms with Gasteiger partial charge in [-0.15, -0.1) is 0 Å². The molecule has 0 aromatic heterocycles. The highest BCUT2D eigenvalue weighted by Crippen LogP contribution is 2.32. The van der Waals surface area contributed by atoms with Crippen LogP contribution in [0.5, 0.6) is 0 Å². The van der Waals surface area contributed by atoms with Gasteiger partial charge in [0.25, 0.3) is 0 Å². The SMILES string of the molecule is Cc1cc(C(F)(F)F)cc(C)c1CC(C#N)C#N. The zero-order valence-electron chi connectivity index (χ0n) is 9.97. The van der Waals surface area contributed by atoms with E-state index in [2.05, 4.69) is 0 Å².